The van der Waals surface area contributed by atoms with Gasteiger partial charge in [0.05, 0.1) is 12.0 Å². The maximum atomic E-state index is 12.9. The van der Waals surface area contributed by atoms with Crippen molar-refractivity contribution in [3.63, 3.8) is 0 Å². The minimum atomic E-state index is -0.390. The standard InChI is InChI=1S/C23H15NO5/c25-15-5-1-4-14(10-15)17-11-20(26)28-18-7-6-16-22(27)19(29-23(16)21(17)18)9-13-3-2-8-24-12-13/h1-10,12,17,25H,11H2. The molecule has 142 valence electrons. The number of benzene rings is 2. The predicted molar refractivity (Wildman–Crippen MR) is 104 cm³/mol. The minimum Gasteiger partial charge on any atom is -0.508 e. The third-order valence-corrected chi connectivity index (χ3v) is 5.03. The van der Waals surface area contributed by atoms with E-state index in [0.29, 0.717) is 22.6 Å². The van der Waals surface area contributed by atoms with Gasteiger partial charge in [0.15, 0.2) is 5.76 Å². The van der Waals surface area contributed by atoms with E-state index in [1.807, 2.05) is 12.1 Å². The molecule has 5 rings (SSSR count). The molecule has 0 spiro atoms. The number of esters is 1. The Balaban J connectivity index is 1.64. The van der Waals surface area contributed by atoms with Crippen molar-refractivity contribution in [2.24, 2.45) is 0 Å². The molecule has 0 bridgehead atoms. The number of carbonyl (C=O) groups is 2. The summed E-state index contributed by atoms with van der Waals surface area (Å²) in [7, 11) is 0. The van der Waals surface area contributed by atoms with Crippen LogP contribution in [0.15, 0.2) is 66.7 Å². The van der Waals surface area contributed by atoms with Gasteiger partial charge in [0.1, 0.15) is 17.2 Å². The third kappa shape index (κ3) is 2.95. The molecule has 1 unspecified atom stereocenters. The van der Waals surface area contributed by atoms with Crippen LogP contribution >= 0.6 is 0 Å². The van der Waals surface area contributed by atoms with Gasteiger partial charge in [-0.3, -0.25) is 14.6 Å². The Hall–Kier alpha value is -3.93. The van der Waals surface area contributed by atoms with Crippen molar-refractivity contribution in [1.82, 2.24) is 4.98 Å². The van der Waals surface area contributed by atoms with Crippen LogP contribution in [-0.4, -0.2) is 21.8 Å². The fourth-order valence-corrected chi connectivity index (χ4v) is 3.75. The molecule has 6 nitrogen and oxygen atoms in total. The first-order valence-corrected chi connectivity index (χ1v) is 9.11. The van der Waals surface area contributed by atoms with E-state index in [4.69, 9.17) is 9.47 Å². The van der Waals surface area contributed by atoms with Crippen molar-refractivity contribution >= 4 is 17.8 Å². The lowest BCUT2D eigenvalue weighted by molar-refractivity contribution is -0.135. The van der Waals surface area contributed by atoms with E-state index in [2.05, 4.69) is 4.98 Å². The highest BCUT2D eigenvalue weighted by Gasteiger charge is 2.38. The molecular formula is C23H15NO5. The van der Waals surface area contributed by atoms with Crippen molar-refractivity contribution in [1.29, 1.82) is 0 Å². The maximum absolute atomic E-state index is 12.9. The maximum Gasteiger partial charge on any atom is 0.312 e. The SMILES string of the molecule is O=C1CC(c2cccc(O)c2)c2c(ccc3c2OC(=Cc2cccnc2)C3=O)O1. The van der Waals surface area contributed by atoms with Gasteiger partial charge in [-0.25, -0.2) is 0 Å². The average Bonchev–Trinajstić information content (AvgIpc) is 3.03. The number of pyridine rings is 1. The van der Waals surface area contributed by atoms with Gasteiger partial charge in [-0.05, 0) is 47.5 Å². The molecule has 2 aliphatic heterocycles. The van der Waals surface area contributed by atoms with Gasteiger partial charge in [-0.2, -0.15) is 0 Å². The molecule has 1 atom stereocenters. The molecule has 3 aromatic rings. The van der Waals surface area contributed by atoms with E-state index in [1.54, 1.807) is 54.9 Å². The Kier molecular flexibility index (Phi) is 3.91. The number of ether oxygens (including phenoxy) is 2. The topological polar surface area (TPSA) is 85.7 Å². The molecule has 0 amide bonds. The molecule has 1 aromatic heterocycles. The Morgan fingerprint density at radius 3 is 2.76 bits per heavy atom. The van der Waals surface area contributed by atoms with Crippen LogP contribution < -0.4 is 9.47 Å². The van der Waals surface area contributed by atoms with Gasteiger partial charge in [0.2, 0.25) is 5.78 Å². The lowest BCUT2D eigenvalue weighted by Gasteiger charge is -2.26. The highest BCUT2D eigenvalue weighted by molar-refractivity contribution is 6.15. The monoisotopic (exact) mass is 385 g/mol. The first kappa shape index (κ1) is 17.2. The van der Waals surface area contributed by atoms with Crippen molar-refractivity contribution in [3.05, 3.63) is 88.9 Å². The fraction of sp³-hybridized carbons (Fsp3) is 0.0870. The number of carbonyl (C=O) groups excluding carboxylic acids is 2. The van der Waals surface area contributed by atoms with Gasteiger partial charge in [0, 0.05) is 23.9 Å². The number of phenolic OH excluding ortho intramolecular Hbond substituents is 1. The number of allylic oxidation sites excluding steroid dienone is 1. The largest absolute Gasteiger partial charge is 0.508 e. The first-order chi connectivity index (χ1) is 14.1. The zero-order chi connectivity index (χ0) is 20.0. The summed E-state index contributed by atoms with van der Waals surface area (Å²) >= 11 is 0. The van der Waals surface area contributed by atoms with Crippen LogP contribution in [0.25, 0.3) is 6.08 Å². The summed E-state index contributed by atoms with van der Waals surface area (Å²) in [5, 5.41) is 9.88. The molecule has 1 N–H and O–H groups in total. The van der Waals surface area contributed by atoms with E-state index in [0.717, 1.165) is 11.1 Å². The second-order valence-corrected chi connectivity index (χ2v) is 6.91. The normalized spacial score (nSPS) is 18.8. The Labute approximate surface area is 166 Å². The number of hydrogen-bond donors (Lipinski definition) is 1. The molecule has 2 aliphatic rings. The van der Waals surface area contributed by atoms with E-state index < -0.39 is 0 Å². The number of fused-ring (bicyclic) bond motifs is 3. The number of ketones is 1. The molecule has 0 fully saturated rings. The van der Waals surface area contributed by atoms with Crippen molar-refractivity contribution < 1.29 is 24.2 Å². The molecule has 0 saturated heterocycles. The minimum absolute atomic E-state index is 0.0894. The van der Waals surface area contributed by atoms with Crippen molar-refractivity contribution in [2.45, 2.75) is 12.3 Å². The summed E-state index contributed by atoms with van der Waals surface area (Å²) in [5.41, 5.74) is 2.54. The molecule has 2 aromatic carbocycles. The number of Topliss-reactive ketones (excluding diaryl/α,β-unsaturated/α-hetero) is 1. The van der Waals surface area contributed by atoms with Gasteiger partial charge in [-0.15, -0.1) is 0 Å². The summed E-state index contributed by atoms with van der Waals surface area (Å²) in [6.07, 6.45) is 5.02. The van der Waals surface area contributed by atoms with Crippen LogP contribution in [0.2, 0.25) is 0 Å². The van der Waals surface area contributed by atoms with Crippen molar-refractivity contribution in [3.8, 4) is 17.2 Å². The molecule has 3 heterocycles. The summed E-state index contributed by atoms with van der Waals surface area (Å²) in [6.45, 7) is 0. The van der Waals surface area contributed by atoms with Crippen LogP contribution in [0.3, 0.4) is 0 Å². The van der Waals surface area contributed by atoms with Gasteiger partial charge >= 0.3 is 5.97 Å². The van der Waals surface area contributed by atoms with Gasteiger partial charge in [0.25, 0.3) is 0 Å². The molecule has 0 aliphatic carbocycles. The van der Waals surface area contributed by atoms with Crippen LogP contribution in [0.4, 0.5) is 0 Å². The zero-order valence-corrected chi connectivity index (χ0v) is 15.2. The Morgan fingerprint density at radius 1 is 1.07 bits per heavy atom. The quantitative estimate of drug-likeness (QED) is 0.410. The second-order valence-electron chi connectivity index (χ2n) is 6.91. The second kappa shape index (κ2) is 6.60. The summed E-state index contributed by atoms with van der Waals surface area (Å²) in [4.78, 5) is 29.1. The number of aromatic nitrogens is 1. The Bertz CT molecular complexity index is 1180. The van der Waals surface area contributed by atoms with E-state index >= 15 is 0 Å². The summed E-state index contributed by atoms with van der Waals surface area (Å²) in [5.74, 6) is 0.0447. The molecule has 29 heavy (non-hydrogen) atoms. The molecule has 0 radical (unpaired) electrons. The number of hydrogen-bond acceptors (Lipinski definition) is 6. The van der Waals surface area contributed by atoms with Crippen LogP contribution in [0, 0.1) is 0 Å². The molecular weight excluding hydrogens is 370 g/mol. The lowest BCUT2D eigenvalue weighted by Crippen LogP contribution is -2.21. The fourth-order valence-electron chi connectivity index (χ4n) is 3.75. The molecule has 6 heteroatoms. The van der Waals surface area contributed by atoms with Crippen LogP contribution in [0.1, 0.15) is 39.4 Å². The van der Waals surface area contributed by atoms with Crippen molar-refractivity contribution in [2.75, 3.05) is 0 Å². The highest BCUT2D eigenvalue weighted by atomic mass is 16.5. The number of phenols is 1. The summed E-state index contributed by atoms with van der Waals surface area (Å²) < 4.78 is 11.4. The highest BCUT2D eigenvalue weighted by Crippen LogP contribution is 2.49. The predicted octanol–water partition coefficient (Wildman–Crippen LogP) is 3.84. The van der Waals surface area contributed by atoms with Gasteiger partial charge in [-0.1, -0.05) is 18.2 Å². The van der Waals surface area contributed by atoms with E-state index in [1.165, 1.54) is 0 Å². The number of aromatic hydroxyl groups is 1. The van der Waals surface area contributed by atoms with Gasteiger partial charge < -0.3 is 14.6 Å². The van der Waals surface area contributed by atoms with Crippen LogP contribution in [0.5, 0.6) is 17.2 Å². The first-order valence-electron chi connectivity index (χ1n) is 9.11. The van der Waals surface area contributed by atoms with Crippen LogP contribution in [-0.2, 0) is 4.79 Å². The number of nitrogens with zero attached hydrogens (tertiary/aromatic N) is 1. The lowest BCUT2D eigenvalue weighted by atomic mass is 9.84. The molecule has 0 saturated carbocycles. The zero-order valence-electron chi connectivity index (χ0n) is 15.2. The smallest absolute Gasteiger partial charge is 0.312 e. The van der Waals surface area contributed by atoms with E-state index in [-0.39, 0.29) is 35.6 Å². The summed E-state index contributed by atoms with van der Waals surface area (Å²) in [6, 6.07) is 13.5. The third-order valence-electron chi connectivity index (χ3n) is 5.03. The Morgan fingerprint density at radius 2 is 1.97 bits per heavy atom. The number of rotatable bonds is 2. The average molecular weight is 385 g/mol. The van der Waals surface area contributed by atoms with E-state index in [9.17, 15) is 14.7 Å².